The van der Waals surface area contributed by atoms with Crippen LogP contribution >= 0.6 is 11.3 Å². The van der Waals surface area contributed by atoms with Gasteiger partial charge < -0.3 is 15.2 Å². The molecular formula is C20H24N2O3S. The molecule has 0 saturated heterocycles. The number of carbonyl (C=O) groups excluding carboxylic acids is 1. The third-order valence-corrected chi connectivity index (χ3v) is 6.43. The van der Waals surface area contributed by atoms with E-state index in [-0.39, 0.29) is 18.1 Å². The van der Waals surface area contributed by atoms with Crippen molar-refractivity contribution in [2.24, 2.45) is 5.92 Å². The van der Waals surface area contributed by atoms with Crippen LogP contribution < -0.4 is 10.1 Å². The highest BCUT2D eigenvalue weighted by Gasteiger charge is 2.36. The summed E-state index contributed by atoms with van der Waals surface area (Å²) in [5.74, 6) is 1.30. The summed E-state index contributed by atoms with van der Waals surface area (Å²) in [6.07, 6.45) is 3.35. The van der Waals surface area contributed by atoms with Crippen molar-refractivity contribution >= 4 is 17.2 Å². The molecule has 1 saturated carbocycles. The summed E-state index contributed by atoms with van der Waals surface area (Å²) in [7, 11) is 0. The second-order valence-electron chi connectivity index (χ2n) is 7.26. The predicted molar refractivity (Wildman–Crippen MR) is 100 cm³/mol. The number of aromatic nitrogens is 1. The smallest absolute Gasteiger partial charge is 0.220 e. The summed E-state index contributed by atoms with van der Waals surface area (Å²) in [5, 5.41) is 12.9. The topological polar surface area (TPSA) is 71.5 Å². The molecule has 0 radical (unpaired) electrons. The van der Waals surface area contributed by atoms with E-state index in [1.807, 2.05) is 24.6 Å². The number of carbonyl (C=O) groups is 1. The number of rotatable bonds is 6. The van der Waals surface area contributed by atoms with Gasteiger partial charge in [0.25, 0.3) is 0 Å². The van der Waals surface area contributed by atoms with Gasteiger partial charge in [0.15, 0.2) is 0 Å². The standard InChI is InChI=1S/C20H24N2O3S/c1-12-18(26-11-21-12)4-5-19(24)22-20(15-9-16(23)10-15)14-2-3-17-13(8-14)6-7-25-17/h2-3,8,11,15-16,20,23H,4-7,9-10H2,1H3,(H,22,24)/t15?,16?,20-/m0/s1. The second kappa shape index (κ2) is 7.37. The number of nitrogens with one attached hydrogen (secondary N) is 1. The minimum Gasteiger partial charge on any atom is -0.493 e. The fourth-order valence-corrected chi connectivity index (χ4v) is 4.60. The van der Waals surface area contributed by atoms with Crippen molar-refractivity contribution in [2.75, 3.05) is 6.61 Å². The van der Waals surface area contributed by atoms with E-state index in [1.54, 1.807) is 11.3 Å². The van der Waals surface area contributed by atoms with Crippen LogP contribution in [0.15, 0.2) is 23.7 Å². The molecule has 2 aliphatic rings. The molecular weight excluding hydrogens is 348 g/mol. The molecule has 1 aromatic carbocycles. The van der Waals surface area contributed by atoms with Gasteiger partial charge in [-0.2, -0.15) is 0 Å². The molecule has 0 spiro atoms. The summed E-state index contributed by atoms with van der Waals surface area (Å²) in [5.41, 5.74) is 5.17. The van der Waals surface area contributed by atoms with Crippen LogP contribution in [0.1, 0.15) is 47.0 Å². The van der Waals surface area contributed by atoms with Crippen LogP contribution in [0.25, 0.3) is 0 Å². The average molecular weight is 372 g/mol. The molecule has 0 bridgehead atoms. The third kappa shape index (κ3) is 3.62. The molecule has 1 aliphatic carbocycles. The Morgan fingerprint density at radius 2 is 2.31 bits per heavy atom. The summed E-state index contributed by atoms with van der Waals surface area (Å²) in [6, 6.07) is 6.17. The average Bonchev–Trinajstić information content (AvgIpc) is 3.23. The molecule has 26 heavy (non-hydrogen) atoms. The van der Waals surface area contributed by atoms with Crippen molar-refractivity contribution in [3.05, 3.63) is 45.4 Å². The molecule has 1 amide bonds. The fourth-order valence-electron chi connectivity index (χ4n) is 3.81. The molecule has 1 aliphatic heterocycles. The molecule has 1 aromatic heterocycles. The van der Waals surface area contributed by atoms with Gasteiger partial charge >= 0.3 is 0 Å². The minimum absolute atomic E-state index is 0.0423. The van der Waals surface area contributed by atoms with Crippen LogP contribution in [0.2, 0.25) is 0 Å². The van der Waals surface area contributed by atoms with E-state index in [9.17, 15) is 9.90 Å². The molecule has 1 atom stereocenters. The molecule has 1 fully saturated rings. The van der Waals surface area contributed by atoms with Gasteiger partial charge in [0, 0.05) is 17.7 Å². The SMILES string of the molecule is Cc1ncsc1CCC(=O)N[C@@H](c1ccc2c(c1)CCO2)C1CC(O)C1. The van der Waals surface area contributed by atoms with Crippen LogP contribution in [0.5, 0.6) is 5.75 Å². The largest absolute Gasteiger partial charge is 0.493 e. The maximum Gasteiger partial charge on any atom is 0.220 e. The summed E-state index contributed by atoms with van der Waals surface area (Å²) < 4.78 is 5.59. The van der Waals surface area contributed by atoms with Crippen LogP contribution in [-0.4, -0.2) is 28.7 Å². The van der Waals surface area contributed by atoms with Crippen molar-refractivity contribution in [3.8, 4) is 5.75 Å². The Labute approximate surface area is 157 Å². The van der Waals surface area contributed by atoms with E-state index in [0.717, 1.165) is 49.3 Å². The number of ether oxygens (including phenoxy) is 1. The lowest BCUT2D eigenvalue weighted by molar-refractivity contribution is -0.123. The van der Waals surface area contributed by atoms with Gasteiger partial charge in [-0.1, -0.05) is 6.07 Å². The van der Waals surface area contributed by atoms with Crippen LogP contribution in [-0.2, 0) is 17.6 Å². The summed E-state index contributed by atoms with van der Waals surface area (Å²) in [4.78, 5) is 18.0. The lowest BCUT2D eigenvalue weighted by Gasteiger charge is -2.38. The van der Waals surface area contributed by atoms with Gasteiger partial charge in [-0.15, -0.1) is 11.3 Å². The van der Waals surface area contributed by atoms with Gasteiger partial charge in [0.05, 0.1) is 30.0 Å². The van der Waals surface area contributed by atoms with Crippen LogP contribution in [0, 0.1) is 12.8 Å². The number of nitrogens with zero attached hydrogens (tertiary/aromatic N) is 1. The molecule has 0 unspecified atom stereocenters. The number of hydrogen-bond donors (Lipinski definition) is 2. The fraction of sp³-hybridized carbons (Fsp3) is 0.500. The number of aliphatic hydroxyl groups excluding tert-OH is 1. The summed E-state index contributed by atoms with van der Waals surface area (Å²) >= 11 is 1.60. The Morgan fingerprint density at radius 1 is 1.46 bits per heavy atom. The van der Waals surface area contributed by atoms with Gasteiger partial charge in [-0.05, 0) is 55.4 Å². The molecule has 2 N–H and O–H groups in total. The number of fused-ring (bicyclic) bond motifs is 1. The van der Waals surface area contributed by atoms with Crippen LogP contribution in [0.3, 0.4) is 0 Å². The zero-order valence-corrected chi connectivity index (χ0v) is 15.7. The van der Waals surface area contributed by atoms with Gasteiger partial charge in [-0.3, -0.25) is 4.79 Å². The zero-order chi connectivity index (χ0) is 18.1. The van der Waals surface area contributed by atoms with Crippen molar-refractivity contribution in [2.45, 2.75) is 51.2 Å². The van der Waals surface area contributed by atoms with Crippen molar-refractivity contribution in [1.82, 2.24) is 10.3 Å². The second-order valence-corrected chi connectivity index (χ2v) is 8.20. The van der Waals surface area contributed by atoms with E-state index < -0.39 is 0 Å². The first-order valence-electron chi connectivity index (χ1n) is 9.22. The Kier molecular flexibility index (Phi) is 4.96. The molecule has 6 heteroatoms. The van der Waals surface area contributed by atoms with Gasteiger partial charge in [0.1, 0.15) is 5.75 Å². The highest BCUT2D eigenvalue weighted by Crippen LogP contribution is 2.39. The van der Waals surface area contributed by atoms with E-state index in [4.69, 9.17) is 4.74 Å². The highest BCUT2D eigenvalue weighted by molar-refractivity contribution is 7.09. The van der Waals surface area contributed by atoms with Crippen molar-refractivity contribution < 1.29 is 14.6 Å². The maximum atomic E-state index is 12.6. The molecule has 2 heterocycles. The van der Waals surface area contributed by atoms with Gasteiger partial charge in [-0.25, -0.2) is 4.98 Å². The zero-order valence-electron chi connectivity index (χ0n) is 14.9. The first kappa shape index (κ1) is 17.5. The number of amides is 1. The Morgan fingerprint density at radius 3 is 3.04 bits per heavy atom. The van der Waals surface area contributed by atoms with E-state index in [2.05, 4.69) is 16.4 Å². The molecule has 2 aromatic rings. The minimum atomic E-state index is -0.239. The van der Waals surface area contributed by atoms with E-state index in [1.165, 1.54) is 10.4 Å². The first-order chi connectivity index (χ1) is 12.6. The quantitative estimate of drug-likeness (QED) is 0.818. The molecule has 5 nitrogen and oxygen atoms in total. The Balaban J connectivity index is 1.45. The third-order valence-electron chi connectivity index (χ3n) is 5.43. The van der Waals surface area contributed by atoms with E-state index in [0.29, 0.717) is 12.3 Å². The first-order valence-corrected chi connectivity index (χ1v) is 10.1. The van der Waals surface area contributed by atoms with E-state index >= 15 is 0 Å². The Bertz CT molecular complexity index is 798. The number of thiazole rings is 1. The lowest BCUT2D eigenvalue weighted by atomic mass is 9.74. The molecule has 138 valence electrons. The normalized spacial score (nSPS) is 22.2. The monoisotopic (exact) mass is 372 g/mol. The highest BCUT2D eigenvalue weighted by atomic mass is 32.1. The number of aliphatic hydroxyl groups is 1. The van der Waals surface area contributed by atoms with Crippen molar-refractivity contribution in [1.29, 1.82) is 0 Å². The molecule has 4 rings (SSSR count). The number of hydrogen-bond acceptors (Lipinski definition) is 5. The predicted octanol–water partition coefficient (Wildman–Crippen LogP) is 2.95. The van der Waals surface area contributed by atoms with Crippen molar-refractivity contribution in [3.63, 3.8) is 0 Å². The van der Waals surface area contributed by atoms with Gasteiger partial charge in [0.2, 0.25) is 5.91 Å². The lowest BCUT2D eigenvalue weighted by Crippen LogP contribution is -2.41. The summed E-state index contributed by atoms with van der Waals surface area (Å²) in [6.45, 7) is 2.71. The Hall–Kier alpha value is -1.92. The maximum absolute atomic E-state index is 12.6. The number of aryl methyl sites for hydroxylation is 2. The van der Waals surface area contributed by atoms with Crippen LogP contribution in [0.4, 0.5) is 0 Å². The number of benzene rings is 1.